The zero-order valence-electron chi connectivity index (χ0n) is 13.8. The number of carbonyl (C=O) groups is 1. The first kappa shape index (κ1) is 17.7. The van der Waals surface area contributed by atoms with Gasteiger partial charge in [0.2, 0.25) is 5.91 Å². The van der Waals surface area contributed by atoms with Crippen LogP contribution in [0.25, 0.3) is 0 Å². The summed E-state index contributed by atoms with van der Waals surface area (Å²) in [4.78, 5) is 18.0. The SMILES string of the molecule is CCCCC(=O)Nc1ccc(N(CC)C2CCS(=O)(=O)C2)cn1. The van der Waals surface area contributed by atoms with E-state index in [0.29, 0.717) is 18.7 Å². The highest BCUT2D eigenvalue weighted by molar-refractivity contribution is 7.91. The quantitative estimate of drug-likeness (QED) is 0.824. The van der Waals surface area contributed by atoms with Gasteiger partial charge in [-0.1, -0.05) is 13.3 Å². The van der Waals surface area contributed by atoms with Crippen LogP contribution >= 0.6 is 0 Å². The Morgan fingerprint density at radius 1 is 1.39 bits per heavy atom. The molecule has 2 heterocycles. The molecule has 7 heteroatoms. The number of anilines is 2. The van der Waals surface area contributed by atoms with Crippen molar-refractivity contribution in [3.8, 4) is 0 Å². The molecule has 0 aromatic carbocycles. The maximum absolute atomic E-state index is 11.7. The van der Waals surface area contributed by atoms with Crippen molar-refractivity contribution in [3.63, 3.8) is 0 Å². The molecule has 1 N–H and O–H groups in total. The first-order chi connectivity index (χ1) is 10.9. The number of sulfone groups is 1. The summed E-state index contributed by atoms with van der Waals surface area (Å²) in [7, 11) is -2.91. The molecule has 0 saturated carbocycles. The minimum atomic E-state index is -2.91. The van der Waals surface area contributed by atoms with Crippen molar-refractivity contribution >= 4 is 27.2 Å². The summed E-state index contributed by atoms with van der Waals surface area (Å²) in [6.45, 7) is 4.78. The van der Waals surface area contributed by atoms with Crippen molar-refractivity contribution < 1.29 is 13.2 Å². The lowest BCUT2D eigenvalue weighted by Crippen LogP contribution is -2.36. The molecule has 1 saturated heterocycles. The lowest BCUT2D eigenvalue weighted by molar-refractivity contribution is -0.116. The standard InChI is InChI=1S/C16H25N3O3S/c1-3-5-6-16(20)18-15-8-7-13(11-17-15)19(4-2)14-9-10-23(21,22)12-14/h7-8,11,14H,3-6,9-10,12H2,1-2H3,(H,17,18,20). The van der Waals surface area contributed by atoms with Gasteiger partial charge in [0.05, 0.1) is 23.4 Å². The van der Waals surface area contributed by atoms with E-state index in [1.54, 1.807) is 12.3 Å². The van der Waals surface area contributed by atoms with Crippen LogP contribution in [0.3, 0.4) is 0 Å². The van der Waals surface area contributed by atoms with E-state index in [2.05, 4.69) is 15.2 Å². The molecule has 1 unspecified atom stereocenters. The molecule has 1 fully saturated rings. The smallest absolute Gasteiger partial charge is 0.225 e. The van der Waals surface area contributed by atoms with E-state index >= 15 is 0 Å². The normalized spacial score (nSPS) is 19.5. The van der Waals surface area contributed by atoms with Gasteiger partial charge in [-0.3, -0.25) is 4.79 Å². The maximum Gasteiger partial charge on any atom is 0.225 e. The van der Waals surface area contributed by atoms with Crippen LogP contribution < -0.4 is 10.2 Å². The Balaban J connectivity index is 2.01. The topological polar surface area (TPSA) is 79.4 Å². The molecule has 128 valence electrons. The predicted octanol–water partition coefficient (Wildman–Crippen LogP) is 2.22. The summed E-state index contributed by atoms with van der Waals surface area (Å²) in [5, 5.41) is 2.78. The fourth-order valence-electron chi connectivity index (χ4n) is 2.85. The van der Waals surface area contributed by atoms with Gasteiger partial charge in [0.1, 0.15) is 5.82 Å². The number of aromatic nitrogens is 1. The number of carbonyl (C=O) groups excluding carboxylic acids is 1. The van der Waals surface area contributed by atoms with Crippen LogP contribution in [0.15, 0.2) is 18.3 Å². The molecular formula is C16H25N3O3S. The van der Waals surface area contributed by atoms with E-state index in [9.17, 15) is 13.2 Å². The number of hydrogen-bond acceptors (Lipinski definition) is 5. The molecule has 0 radical (unpaired) electrons. The fourth-order valence-corrected chi connectivity index (χ4v) is 4.58. The molecule has 1 amide bonds. The van der Waals surface area contributed by atoms with Gasteiger partial charge < -0.3 is 10.2 Å². The number of pyridine rings is 1. The third-order valence-corrected chi connectivity index (χ3v) is 5.84. The van der Waals surface area contributed by atoms with Crippen molar-refractivity contribution in [2.75, 3.05) is 28.3 Å². The molecule has 1 aromatic heterocycles. The van der Waals surface area contributed by atoms with E-state index in [1.807, 2.05) is 19.9 Å². The Morgan fingerprint density at radius 3 is 2.70 bits per heavy atom. The van der Waals surface area contributed by atoms with Crippen LogP contribution in [0, 0.1) is 0 Å². The van der Waals surface area contributed by atoms with E-state index in [-0.39, 0.29) is 23.5 Å². The highest BCUT2D eigenvalue weighted by Crippen LogP contribution is 2.24. The molecule has 0 bridgehead atoms. The zero-order chi connectivity index (χ0) is 16.9. The van der Waals surface area contributed by atoms with Crippen LogP contribution in [0.2, 0.25) is 0 Å². The monoisotopic (exact) mass is 339 g/mol. The highest BCUT2D eigenvalue weighted by Gasteiger charge is 2.31. The van der Waals surface area contributed by atoms with E-state index < -0.39 is 9.84 Å². The first-order valence-corrected chi connectivity index (χ1v) is 10.00. The third kappa shape index (κ3) is 4.92. The third-order valence-electron chi connectivity index (χ3n) is 4.09. The van der Waals surface area contributed by atoms with Crippen LogP contribution in [-0.2, 0) is 14.6 Å². The van der Waals surface area contributed by atoms with E-state index in [1.165, 1.54) is 0 Å². The predicted molar refractivity (Wildman–Crippen MR) is 92.5 cm³/mol. The van der Waals surface area contributed by atoms with Gasteiger partial charge in [-0.2, -0.15) is 0 Å². The Morgan fingerprint density at radius 2 is 2.17 bits per heavy atom. The van der Waals surface area contributed by atoms with Crippen LogP contribution in [0.5, 0.6) is 0 Å². The number of nitrogens with one attached hydrogen (secondary N) is 1. The van der Waals surface area contributed by atoms with Gasteiger partial charge in [0.25, 0.3) is 0 Å². The Kier molecular flexibility index (Phi) is 5.98. The van der Waals surface area contributed by atoms with Gasteiger partial charge in [-0.15, -0.1) is 0 Å². The summed E-state index contributed by atoms with van der Waals surface area (Å²) in [5.74, 6) is 0.968. The number of amides is 1. The summed E-state index contributed by atoms with van der Waals surface area (Å²) in [6, 6.07) is 3.67. The summed E-state index contributed by atoms with van der Waals surface area (Å²) >= 11 is 0. The minimum Gasteiger partial charge on any atom is -0.367 e. The lowest BCUT2D eigenvalue weighted by atomic mass is 10.2. The zero-order valence-corrected chi connectivity index (χ0v) is 14.6. The van der Waals surface area contributed by atoms with Crippen molar-refractivity contribution in [1.29, 1.82) is 0 Å². The molecular weight excluding hydrogens is 314 g/mol. The average molecular weight is 339 g/mol. The second kappa shape index (κ2) is 7.77. The molecule has 0 aliphatic carbocycles. The number of nitrogens with zero attached hydrogens (tertiary/aromatic N) is 2. The Hall–Kier alpha value is -1.63. The molecule has 2 rings (SSSR count). The van der Waals surface area contributed by atoms with Gasteiger partial charge in [0, 0.05) is 19.0 Å². The second-order valence-corrected chi connectivity index (χ2v) is 8.12. The molecule has 6 nitrogen and oxygen atoms in total. The van der Waals surface area contributed by atoms with Gasteiger partial charge in [-0.05, 0) is 31.9 Å². The molecule has 1 aliphatic rings. The molecule has 1 aliphatic heterocycles. The molecule has 1 aromatic rings. The molecule has 0 spiro atoms. The van der Waals surface area contributed by atoms with Gasteiger partial charge in [0.15, 0.2) is 9.84 Å². The maximum atomic E-state index is 11.7. The largest absolute Gasteiger partial charge is 0.367 e. The van der Waals surface area contributed by atoms with Crippen LogP contribution in [0.4, 0.5) is 11.5 Å². The average Bonchev–Trinajstić information content (AvgIpc) is 2.87. The summed E-state index contributed by atoms with van der Waals surface area (Å²) in [5.41, 5.74) is 0.890. The van der Waals surface area contributed by atoms with Crippen molar-refractivity contribution in [3.05, 3.63) is 18.3 Å². The van der Waals surface area contributed by atoms with Crippen LogP contribution in [-0.4, -0.2) is 43.4 Å². The van der Waals surface area contributed by atoms with Crippen molar-refractivity contribution in [2.24, 2.45) is 0 Å². The first-order valence-electron chi connectivity index (χ1n) is 8.18. The Labute approximate surface area is 138 Å². The Bertz CT molecular complexity index is 628. The lowest BCUT2D eigenvalue weighted by Gasteiger charge is -2.28. The summed E-state index contributed by atoms with van der Waals surface area (Å²) in [6.07, 6.45) is 4.70. The second-order valence-electron chi connectivity index (χ2n) is 5.90. The number of hydrogen-bond donors (Lipinski definition) is 1. The summed E-state index contributed by atoms with van der Waals surface area (Å²) < 4.78 is 23.3. The van der Waals surface area contributed by atoms with Crippen molar-refractivity contribution in [1.82, 2.24) is 4.98 Å². The van der Waals surface area contributed by atoms with Gasteiger partial charge >= 0.3 is 0 Å². The minimum absolute atomic E-state index is 0.0109. The molecule has 23 heavy (non-hydrogen) atoms. The van der Waals surface area contributed by atoms with E-state index in [0.717, 1.165) is 25.1 Å². The van der Waals surface area contributed by atoms with E-state index in [4.69, 9.17) is 0 Å². The number of unbranched alkanes of at least 4 members (excludes halogenated alkanes) is 1. The highest BCUT2D eigenvalue weighted by atomic mass is 32.2. The van der Waals surface area contributed by atoms with Crippen LogP contribution in [0.1, 0.15) is 39.5 Å². The molecule has 1 atom stereocenters. The number of rotatable bonds is 7. The van der Waals surface area contributed by atoms with Crippen molar-refractivity contribution in [2.45, 2.75) is 45.6 Å². The van der Waals surface area contributed by atoms with Gasteiger partial charge in [-0.25, -0.2) is 13.4 Å². The fraction of sp³-hybridized carbons (Fsp3) is 0.625.